The predicted molar refractivity (Wildman–Crippen MR) is 69.1 cm³/mol. The molecule has 0 aliphatic rings. The zero-order valence-corrected chi connectivity index (χ0v) is 11.4. The fraction of sp³-hybridized carbons (Fsp3) is 0.111. The van der Waals surface area contributed by atoms with Gasteiger partial charge in [0.05, 0.1) is 11.6 Å². The van der Waals surface area contributed by atoms with Gasteiger partial charge in [-0.2, -0.15) is 0 Å². The van der Waals surface area contributed by atoms with Gasteiger partial charge in [0.1, 0.15) is 0 Å². The number of nitrogens with zero attached hydrogens (tertiary/aromatic N) is 2. The topological polar surface area (TPSA) is 62.0 Å². The van der Waals surface area contributed by atoms with Crippen LogP contribution in [0.2, 0.25) is 0 Å². The smallest absolute Gasteiger partial charge is 0.198 e. The highest BCUT2D eigenvalue weighted by molar-refractivity contribution is 8.31. The molecule has 2 heterocycles. The van der Waals surface area contributed by atoms with Crippen molar-refractivity contribution in [2.45, 2.75) is 5.88 Å². The van der Waals surface area contributed by atoms with E-state index in [9.17, 15) is 0 Å². The van der Waals surface area contributed by atoms with Gasteiger partial charge in [-0.15, -0.1) is 11.6 Å². The third kappa shape index (κ3) is 5.61. The van der Waals surface area contributed by atoms with Crippen LogP contribution in [-0.4, -0.2) is 14.7 Å². The quantitative estimate of drug-likeness (QED) is 0.628. The molecule has 0 amide bonds. The van der Waals surface area contributed by atoms with Crippen molar-refractivity contribution in [1.82, 2.24) is 10.1 Å². The first-order chi connectivity index (χ1) is 8.13. The van der Waals surface area contributed by atoms with Gasteiger partial charge in [0, 0.05) is 24.0 Å². The van der Waals surface area contributed by atoms with Gasteiger partial charge in [0.2, 0.25) is 0 Å². The van der Waals surface area contributed by atoms with Crippen LogP contribution in [0.15, 0.2) is 35.1 Å². The van der Waals surface area contributed by atoms with Gasteiger partial charge in [-0.05, 0) is 12.1 Å². The number of halogens is 3. The Bertz CT molecular complexity index is 436. The average molecular weight is 314 g/mol. The molecule has 2 rings (SSSR count). The highest BCUT2D eigenvalue weighted by atomic mass is 36.0. The van der Waals surface area contributed by atoms with Gasteiger partial charge in [-0.1, -0.05) is 5.16 Å². The molecule has 0 aliphatic carbocycles. The number of hydrogen-bond donors (Lipinski definition) is 0. The number of aromatic nitrogens is 2. The lowest BCUT2D eigenvalue weighted by Gasteiger charge is -1.90. The van der Waals surface area contributed by atoms with Crippen molar-refractivity contribution < 1.29 is 9.08 Å². The summed E-state index contributed by atoms with van der Waals surface area (Å²) in [5, 5.41) is 3.78. The molecule has 0 unspecified atom stereocenters. The van der Waals surface area contributed by atoms with Gasteiger partial charge in [-0.3, -0.25) is 4.98 Å². The molecule has 4 nitrogen and oxygen atoms in total. The van der Waals surface area contributed by atoms with E-state index in [0.29, 0.717) is 11.6 Å². The highest BCUT2D eigenvalue weighted by Gasteiger charge is 2.04. The molecule has 0 bridgehead atoms. The summed E-state index contributed by atoms with van der Waals surface area (Å²) in [6.45, 7) is 0. The van der Waals surface area contributed by atoms with Crippen molar-refractivity contribution in [3.05, 3.63) is 36.3 Å². The van der Waals surface area contributed by atoms with Crippen molar-refractivity contribution >= 4 is 42.6 Å². The first-order valence-electron chi connectivity index (χ1n) is 4.29. The molecule has 0 fully saturated rings. The van der Waals surface area contributed by atoms with E-state index >= 15 is 0 Å². The molecule has 2 aromatic heterocycles. The van der Waals surface area contributed by atoms with E-state index in [1.807, 2.05) is 18.2 Å². The van der Waals surface area contributed by atoms with Crippen molar-refractivity contribution in [3.63, 3.8) is 0 Å². The van der Waals surface area contributed by atoms with E-state index in [1.165, 1.54) is 0 Å². The Labute approximate surface area is 115 Å². The molecule has 0 saturated carbocycles. The van der Waals surface area contributed by atoms with Gasteiger partial charge >= 0.3 is 0 Å². The lowest BCUT2D eigenvalue weighted by Crippen LogP contribution is -1.74. The Hall–Kier alpha value is -0.460. The molecule has 2 aromatic rings. The Balaban J connectivity index is 0.000000317. The summed E-state index contributed by atoms with van der Waals surface area (Å²) < 4.78 is 14.2. The summed E-state index contributed by atoms with van der Waals surface area (Å²) in [5.41, 5.74) is 1.65. The van der Waals surface area contributed by atoms with E-state index in [-0.39, 0.29) is 0 Å². The van der Waals surface area contributed by atoms with Crippen LogP contribution in [-0.2, 0) is 15.5 Å². The summed E-state index contributed by atoms with van der Waals surface area (Å²) in [6, 6.07) is 5.56. The summed E-state index contributed by atoms with van der Waals surface area (Å²) in [7, 11) is 7.36. The molecule has 0 N–H and O–H groups in total. The molecular weight excluding hydrogens is 307 g/mol. The second-order valence-corrected chi connectivity index (χ2v) is 5.53. The van der Waals surface area contributed by atoms with Crippen molar-refractivity contribution in [3.8, 4) is 11.3 Å². The van der Waals surface area contributed by atoms with E-state index in [2.05, 4.69) is 31.5 Å². The molecule has 17 heavy (non-hydrogen) atoms. The van der Waals surface area contributed by atoms with Crippen LogP contribution >= 0.6 is 33.0 Å². The maximum absolute atomic E-state index is 9.09. The minimum atomic E-state index is -1.67. The Kier molecular flexibility index (Phi) is 6.69. The largest absolute Gasteiger partial charge is 0.582 e. The second-order valence-electron chi connectivity index (χ2n) is 2.74. The zero-order valence-electron chi connectivity index (χ0n) is 8.35. The number of pyridine rings is 1. The molecule has 92 valence electrons. The zero-order chi connectivity index (χ0) is 12.7. The molecule has 0 saturated heterocycles. The Morgan fingerprint density at radius 1 is 1.41 bits per heavy atom. The van der Waals surface area contributed by atoms with Crippen LogP contribution in [0, 0.1) is 0 Å². The molecule has 0 radical (unpaired) electrons. The predicted octanol–water partition coefficient (Wildman–Crippen LogP) is 3.52. The average Bonchev–Trinajstić information content (AvgIpc) is 2.78. The van der Waals surface area contributed by atoms with E-state index < -0.39 is 9.60 Å². The molecule has 0 spiro atoms. The first kappa shape index (κ1) is 14.6. The molecule has 8 heteroatoms. The van der Waals surface area contributed by atoms with Gasteiger partial charge in [0.15, 0.2) is 36.7 Å². The van der Waals surface area contributed by atoms with Crippen LogP contribution in [0.5, 0.6) is 0 Å². The van der Waals surface area contributed by atoms with Crippen molar-refractivity contribution in [2.24, 2.45) is 0 Å². The van der Waals surface area contributed by atoms with Crippen LogP contribution in [0.1, 0.15) is 5.69 Å². The van der Waals surface area contributed by atoms with Crippen molar-refractivity contribution in [1.29, 1.82) is 0 Å². The first-order valence-corrected chi connectivity index (χ1v) is 7.63. The summed E-state index contributed by atoms with van der Waals surface area (Å²) in [4.78, 5) is 3.98. The van der Waals surface area contributed by atoms with Gasteiger partial charge < -0.3 is 9.08 Å². The van der Waals surface area contributed by atoms with Crippen LogP contribution in [0.25, 0.3) is 11.3 Å². The molecule has 0 atom stereocenters. The van der Waals surface area contributed by atoms with E-state index in [1.54, 1.807) is 12.4 Å². The lowest BCUT2D eigenvalue weighted by atomic mass is 10.2. The Morgan fingerprint density at radius 2 is 2.12 bits per heavy atom. The fourth-order valence-corrected chi connectivity index (χ4v) is 1.15. The maximum Gasteiger partial charge on any atom is 0.198 e. The molecule has 0 aromatic carbocycles. The number of hydrogen-bond acceptors (Lipinski definition) is 4. The summed E-state index contributed by atoms with van der Waals surface area (Å²) >= 11 is 5.59. The monoisotopic (exact) mass is 312 g/mol. The third-order valence-corrected chi connectivity index (χ3v) is 1.92. The standard InChI is InChI=1S/C9H7ClN2O.Cl2OS/c10-5-8-4-9(13-12-8)7-2-1-3-11-6-7;1-4(2)3/h1-4,6H,5H2;. The van der Waals surface area contributed by atoms with E-state index in [4.69, 9.17) is 20.7 Å². The minimum Gasteiger partial charge on any atom is -0.582 e. The van der Waals surface area contributed by atoms with Crippen LogP contribution < -0.4 is 0 Å². The minimum absolute atomic E-state index is 0.365. The second kappa shape index (κ2) is 7.79. The van der Waals surface area contributed by atoms with Crippen molar-refractivity contribution in [2.75, 3.05) is 0 Å². The SMILES string of the molecule is ClCc1cc(-c2cccnc2)on1.[O-][S+](Cl)Cl. The Morgan fingerprint density at radius 3 is 2.59 bits per heavy atom. The normalized spacial score (nSPS) is 9.94. The van der Waals surface area contributed by atoms with Crippen LogP contribution in [0.4, 0.5) is 0 Å². The number of rotatable bonds is 2. The maximum atomic E-state index is 9.09. The van der Waals surface area contributed by atoms with Gasteiger partial charge in [-0.25, -0.2) is 0 Å². The van der Waals surface area contributed by atoms with Crippen LogP contribution in [0.3, 0.4) is 0 Å². The third-order valence-electron chi connectivity index (χ3n) is 1.64. The lowest BCUT2D eigenvalue weighted by molar-refractivity contribution is 0.426. The molecule has 0 aliphatic heterocycles. The van der Waals surface area contributed by atoms with E-state index in [0.717, 1.165) is 11.3 Å². The number of alkyl halides is 1. The highest BCUT2D eigenvalue weighted by Crippen LogP contribution is 2.19. The summed E-state index contributed by atoms with van der Waals surface area (Å²) in [5.74, 6) is 1.06. The fourth-order valence-electron chi connectivity index (χ4n) is 1.02. The summed E-state index contributed by atoms with van der Waals surface area (Å²) in [6.07, 6.45) is 3.43. The van der Waals surface area contributed by atoms with Gasteiger partial charge in [0.25, 0.3) is 0 Å². The molecular formula is C9H7Cl3N2O2S.